The van der Waals surface area contributed by atoms with E-state index in [0.29, 0.717) is 0 Å². The highest BCUT2D eigenvalue weighted by molar-refractivity contribution is 7.80. The number of rotatable bonds is 3. The van der Waals surface area contributed by atoms with Crippen LogP contribution >= 0.6 is 12.6 Å². The van der Waals surface area contributed by atoms with E-state index in [1.807, 2.05) is 0 Å². The van der Waals surface area contributed by atoms with Gasteiger partial charge in [0.15, 0.2) is 0 Å². The lowest BCUT2D eigenvalue weighted by molar-refractivity contribution is 1.08. The lowest BCUT2D eigenvalue weighted by Crippen LogP contribution is -1.97. The molecule has 0 aromatic heterocycles. The van der Waals surface area contributed by atoms with Crippen molar-refractivity contribution >= 4 is 21.4 Å². The maximum Gasteiger partial charge on any atom is 0.0413 e. The molecule has 7 heavy (non-hydrogen) atoms. The fourth-order valence-electron chi connectivity index (χ4n) is 0.433. The Morgan fingerprint density at radius 2 is 2.00 bits per heavy atom. The molecular weight excluding hydrogens is 120 g/mol. The first-order chi connectivity index (χ1) is 3.27. The minimum absolute atomic E-state index is 0.0539. The summed E-state index contributed by atoms with van der Waals surface area (Å²) in [5, 5.41) is 0. The monoisotopic (exact) mass is 133 g/mol. The molecule has 0 nitrogen and oxygen atoms in total. The molecule has 0 atom stereocenters. The average Bonchev–Trinajstić information content (AvgIpc) is 1.61. The zero-order valence-electron chi connectivity index (χ0n) is 5.07. The van der Waals surface area contributed by atoms with Crippen molar-refractivity contribution in [2.24, 2.45) is 0 Å². The largest absolute Gasteiger partial charge is 0.179 e. The van der Waals surface area contributed by atoms with Crippen LogP contribution in [0.5, 0.6) is 0 Å². The molecule has 0 fully saturated rings. The van der Waals surface area contributed by atoms with Crippen molar-refractivity contribution in [3.05, 3.63) is 0 Å². The van der Waals surface area contributed by atoms with Crippen LogP contribution in [0, 0.1) is 0 Å². The summed E-state index contributed by atoms with van der Waals surface area (Å²) in [6, 6.07) is 1.42. The minimum Gasteiger partial charge on any atom is -0.179 e. The lowest BCUT2D eigenvalue weighted by Gasteiger charge is -1.96. The highest BCUT2D eigenvalue weighted by Crippen LogP contribution is 1.96. The molecule has 0 unspecified atom stereocenters. The maximum atomic E-state index is 4.11. The third-order valence-electron chi connectivity index (χ3n) is 0.835. The Labute approximate surface area is 53.3 Å². The van der Waals surface area contributed by atoms with Gasteiger partial charge in [0.25, 0.3) is 0 Å². The predicted octanol–water partition coefficient (Wildman–Crippen LogP) is 2.06. The van der Waals surface area contributed by atoms with Crippen molar-refractivity contribution in [2.75, 3.05) is 5.75 Å². The van der Waals surface area contributed by atoms with Crippen molar-refractivity contribution in [3.63, 3.8) is 0 Å². The summed E-state index contributed by atoms with van der Waals surface area (Å²) >= 11 is 4.11. The topological polar surface area (TPSA) is 0 Å². The first-order valence-corrected chi connectivity index (χ1v) is 6.01. The molecule has 0 amide bonds. The van der Waals surface area contributed by atoms with Crippen LogP contribution in [-0.2, 0) is 0 Å². The second-order valence-electron chi connectivity index (χ2n) is 2.03. The molecule has 0 heterocycles. The maximum absolute atomic E-state index is 4.11. The Hall–Kier alpha value is 0.567. The highest BCUT2D eigenvalue weighted by Gasteiger charge is 1.91. The second-order valence-corrected chi connectivity index (χ2v) is 5.40. The van der Waals surface area contributed by atoms with Crippen LogP contribution in [0.15, 0.2) is 0 Å². The van der Waals surface area contributed by atoms with Crippen LogP contribution in [0.2, 0.25) is 19.1 Å². The van der Waals surface area contributed by atoms with Gasteiger partial charge in [0.2, 0.25) is 0 Å². The first-order valence-electron chi connectivity index (χ1n) is 2.67. The number of thiol groups is 1. The molecule has 0 saturated carbocycles. The molecule has 0 aromatic rings. The Morgan fingerprint density at radius 1 is 1.43 bits per heavy atom. The highest BCUT2D eigenvalue weighted by atomic mass is 32.1. The van der Waals surface area contributed by atoms with Gasteiger partial charge >= 0.3 is 0 Å². The smallest absolute Gasteiger partial charge is 0.0413 e. The van der Waals surface area contributed by atoms with Crippen molar-refractivity contribution in [2.45, 2.75) is 25.6 Å². The van der Waals surface area contributed by atoms with E-state index in [2.05, 4.69) is 25.7 Å². The Morgan fingerprint density at radius 3 is 2.14 bits per heavy atom. The molecule has 0 aromatic carbocycles. The molecule has 2 heteroatoms. The van der Waals surface area contributed by atoms with Gasteiger partial charge in [0.05, 0.1) is 0 Å². The molecular formula is C5H13SSi. The van der Waals surface area contributed by atoms with E-state index in [9.17, 15) is 0 Å². The zero-order chi connectivity index (χ0) is 5.70. The Kier molecular flexibility index (Phi) is 5.10. The third kappa shape index (κ3) is 6.57. The number of hydrogen-bond acceptors (Lipinski definition) is 1. The SMILES string of the molecule is C[Si](C)CCCS. The molecule has 1 radical (unpaired) electrons. The lowest BCUT2D eigenvalue weighted by atomic mass is 10.6. The molecule has 0 aliphatic carbocycles. The van der Waals surface area contributed by atoms with Crippen LogP contribution in [0.4, 0.5) is 0 Å². The molecule has 0 bridgehead atoms. The summed E-state index contributed by atoms with van der Waals surface area (Å²) in [7, 11) is 0.0539. The van der Waals surface area contributed by atoms with Gasteiger partial charge in [0.1, 0.15) is 0 Å². The van der Waals surface area contributed by atoms with Gasteiger partial charge in [-0.2, -0.15) is 12.6 Å². The Bertz CT molecular complexity index is 37.1. The third-order valence-corrected chi connectivity index (χ3v) is 2.50. The number of hydrogen-bond donors (Lipinski definition) is 1. The van der Waals surface area contributed by atoms with E-state index in [1.165, 1.54) is 12.5 Å². The first kappa shape index (κ1) is 7.57. The minimum atomic E-state index is 0.0539. The second kappa shape index (κ2) is 4.72. The summed E-state index contributed by atoms with van der Waals surface area (Å²) < 4.78 is 0. The summed E-state index contributed by atoms with van der Waals surface area (Å²) in [4.78, 5) is 0. The fourth-order valence-corrected chi connectivity index (χ4v) is 1.77. The standard InChI is InChI=1S/C5H13SSi/c1-7(2)5-3-4-6/h6H,3-5H2,1-2H3. The van der Waals surface area contributed by atoms with Gasteiger partial charge < -0.3 is 0 Å². The van der Waals surface area contributed by atoms with Gasteiger partial charge in [-0.3, -0.25) is 0 Å². The quantitative estimate of drug-likeness (QED) is 0.442. The Balaban J connectivity index is 2.68. The molecule has 0 aliphatic heterocycles. The van der Waals surface area contributed by atoms with Crippen molar-refractivity contribution in [1.29, 1.82) is 0 Å². The van der Waals surface area contributed by atoms with Gasteiger partial charge in [-0.05, 0) is 12.2 Å². The van der Waals surface area contributed by atoms with Crippen molar-refractivity contribution in [1.82, 2.24) is 0 Å². The van der Waals surface area contributed by atoms with Crippen LogP contribution in [0.25, 0.3) is 0 Å². The molecule has 0 saturated heterocycles. The van der Waals surface area contributed by atoms with Gasteiger partial charge in [-0.15, -0.1) is 0 Å². The van der Waals surface area contributed by atoms with Crippen molar-refractivity contribution in [3.8, 4) is 0 Å². The van der Waals surface area contributed by atoms with Gasteiger partial charge in [0, 0.05) is 8.80 Å². The fraction of sp³-hybridized carbons (Fsp3) is 1.00. The van der Waals surface area contributed by atoms with E-state index in [4.69, 9.17) is 0 Å². The normalized spacial score (nSPS) is 10.3. The van der Waals surface area contributed by atoms with Crippen molar-refractivity contribution < 1.29 is 0 Å². The summed E-state index contributed by atoms with van der Waals surface area (Å²) in [6.45, 7) is 4.68. The molecule has 0 N–H and O–H groups in total. The molecule has 0 rings (SSSR count). The zero-order valence-corrected chi connectivity index (χ0v) is 6.96. The van der Waals surface area contributed by atoms with Crippen LogP contribution in [0.3, 0.4) is 0 Å². The van der Waals surface area contributed by atoms with Crippen LogP contribution in [-0.4, -0.2) is 14.5 Å². The molecule has 0 spiro atoms. The van der Waals surface area contributed by atoms with Gasteiger partial charge in [-0.1, -0.05) is 19.1 Å². The van der Waals surface area contributed by atoms with Crippen LogP contribution < -0.4 is 0 Å². The summed E-state index contributed by atoms with van der Waals surface area (Å²) in [5.41, 5.74) is 0. The average molecular weight is 133 g/mol. The van der Waals surface area contributed by atoms with E-state index in [1.54, 1.807) is 0 Å². The molecule has 0 aliphatic rings. The van der Waals surface area contributed by atoms with E-state index < -0.39 is 0 Å². The van der Waals surface area contributed by atoms with Gasteiger partial charge in [-0.25, -0.2) is 0 Å². The predicted molar refractivity (Wildman–Crippen MR) is 40.8 cm³/mol. The van der Waals surface area contributed by atoms with E-state index >= 15 is 0 Å². The molecule has 43 valence electrons. The summed E-state index contributed by atoms with van der Waals surface area (Å²) in [5.74, 6) is 1.07. The summed E-state index contributed by atoms with van der Waals surface area (Å²) in [6.07, 6.45) is 1.31. The van der Waals surface area contributed by atoms with E-state index in [-0.39, 0.29) is 8.80 Å². The van der Waals surface area contributed by atoms with Crippen LogP contribution in [0.1, 0.15) is 6.42 Å². The van der Waals surface area contributed by atoms with E-state index in [0.717, 1.165) is 5.75 Å².